The number of hydrogen-bond donors (Lipinski definition) is 1. The summed E-state index contributed by atoms with van der Waals surface area (Å²) in [5.74, 6) is -0.813. The Balaban J connectivity index is 1.94. The largest absolute Gasteiger partial charge is 0.467 e. The van der Waals surface area contributed by atoms with E-state index in [-0.39, 0.29) is 12.5 Å². The van der Waals surface area contributed by atoms with Crippen LogP contribution in [0.15, 0.2) is 48.5 Å². The van der Waals surface area contributed by atoms with Gasteiger partial charge in [0.2, 0.25) is 5.91 Å². The Morgan fingerprint density at radius 1 is 1.00 bits per heavy atom. The molecule has 0 unspecified atom stereocenters. The lowest BCUT2D eigenvalue weighted by atomic mass is 9.96. The lowest BCUT2D eigenvalue weighted by molar-refractivity contribution is -0.145. The van der Waals surface area contributed by atoms with E-state index in [1.807, 2.05) is 62.4 Å². The number of carbonyl (C=O) groups excluding carboxylic acids is 2. The van der Waals surface area contributed by atoms with Crippen molar-refractivity contribution in [1.82, 2.24) is 5.32 Å². The Kier molecular flexibility index (Phi) is 7.36. The van der Waals surface area contributed by atoms with Gasteiger partial charge in [-0.1, -0.05) is 48.5 Å². The lowest BCUT2D eigenvalue weighted by Crippen LogP contribution is -2.44. The summed E-state index contributed by atoms with van der Waals surface area (Å²) in [6.45, 7) is 4.20. The number of hydrogen-bond acceptors (Lipinski definition) is 4. The molecule has 1 atom stereocenters. The average molecular weight is 355 g/mol. The number of rotatable bonds is 8. The molecule has 2 aromatic carbocycles. The van der Waals surface area contributed by atoms with Crippen LogP contribution in [0.1, 0.15) is 22.3 Å². The van der Waals surface area contributed by atoms with E-state index < -0.39 is 12.0 Å². The van der Waals surface area contributed by atoms with Gasteiger partial charge in [0.15, 0.2) is 0 Å². The molecule has 0 aromatic heterocycles. The summed E-state index contributed by atoms with van der Waals surface area (Å²) in [6, 6.07) is 14.8. The van der Waals surface area contributed by atoms with E-state index in [1.54, 1.807) is 0 Å². The van der Waals surface area contributed by atoms with Crippen LogP contribution in [0.4, 0.5) is 0 Å². The monoisotopic (exact) mass is 355 g/mol. The number of methoxy groups -OCH3 is 1. The maximum Gasteiger partial charge on any atom is 0.328 e. The van der Waals surface area contributed by atoms with Crippen molar-refractivity contribution in [3.8, 4) is 0 Å². The van der Waals surface area contributed by atoms with Crippen molar-refractivity contribution < 1.29 is 19.1 Å². The molecule has 1 N–H and O–H groups in total. The van der Waals surface area contributed by atoms with Gasteiger partial charge in [0.1, 0.15) is 12.6 Å². The fourth-order valence-corrected chi connectivity index (χ4v) is 2.78. The van der Waals surface area contributed by atoms with Gasteiger partial charge in [-0.15, -0.1) is 0 Å². The zero-order chi connectivity index (χ0) is 18.9. The van der Waals surface area contributed by atoms with Gasteiger partial charge in [-0.05, 0) is 36.1 Å². The highest BCUT2D eigenvalue weighted by Gasteiger charge is 2.23. The normalized spacial score (nSPS) is 11.7. The number of amides is 1. The summed E-state index contributed by atoms with van der Waals surface area (Å²) in [5, 5.41) is 2.72. The first-order chi connectivity index (χ1) is 12.5. The van der Waals surface area contributed by atoms with Gasteiger partial charge in [-0.25, -0.2) is 4.79 Å². The van der Waals surface area contributed by atoms with Crippen molar-refractivity contribution in [1.29, 1.82) is 0 Å². The number of benzene rings is 2. The molecule has 0 saturated carbocycles. The molecule has 0 radical (unpaired) electrons. The quantitative estimate of drug-likeness (QED) is 0.740. The van der Waals surface area contributed by atoms with Gasteiger partial charge in [-0.2, -0.15) is 0 Å². The van der Waals surface area contributed by atoms with Crippen molar-refractivity contribution in [3.05, 3.63) is 70.8 Å². The summed E-state index contributed by atoms with van der Waals surface area (Å²) in [4.78, 5) is 24.3. The van der Waals surface area contributed by atoms with Crippen molar-refractivity contribution >= 4 is 11.9 Å². The van der Waals surface area contributed by atoms with Crippen molar-refractivity contribution in [2.45, 2.75) is 32.9 Å². The number of nitrogens with one attached hydrogen (secondary N) is 1. The molecular weight excluding hydrogens is 330 g/mol. The molecular formula is C21H25NO4. The molecule has 0 saturated heterocycles. The summed E-state index contributed by atoms with van der Waals surface area (Å²) in [5.41, 5.74) is 4.18. The number of ether oxygens (including phenoxy) is 2. The maximum atomic E-state index is 12.2. The predicted octanol–water partition coefficient (Wildman–Crippen LogP) is 2.72. The third-order valence-corrected chi connectivity index (χ3v) is 4.22. The fraction of sp³-hybridized carbons (Fsp3) is 0.333. The zero-order valence-electron chi connectivity index (χ0n) is 15.5. The lowest BCUT2D eigenvalue weighted by Gasteiger charge is -2.19. The van der Waals surface area contributed by atoms with Crippen molar-refractivity contribution in [2.75, 3.05) is 13.7 Å². The summed E-state index contributed by atoms with van der Waals surface area (Å²) < 4.78 is 10.3. The predicted molar refractivity (Wildman–Crippen MR) is 99.7 cm³/mol. The van der Waals surface area contributed by atoms with Crippen LogP contribution in [0.25, 0.3) is 0 Å². The third-order valence-electron chi connectivity index (χ3n) is 4.22. The van der Waals surface area contributed by atoms with E-state index in [9.17, 15) is 9.59 Å². The standard InChI is InChI=1S/C21H25NO4/c1-15-8-7-9-16(2)18(15)12-19(21(24)25-3)22-20(23)14-26-13-17-10-5-4-6-11-17/h4-11,19H,12-14H2,1-3H3,(H,22,23)/t19-/m1/s1. The molecule has 26 heavy (non-hydrogen) atoms. The second-order valence-electron chi connectivity index (χ2n) is 6.20. The molecule has 2 aromatic rings. The highest BCUT2D eigenvalue weighted by atomic mass is 16.5. The van der Waals surface area contributed by atoms with E-state index in [2.05, 4.69) is 5.32 Å². The first-order valence-electron chi connectivity index (χ1n) is 8.55. The van der Waals surface area contributed by atoms with Crippen LogP contribution in [0.2, 0.25) is 0 Å². The molecule has 0 fully saturated rings. The topological polar surface area (TPSA) is 64.6 Å². The van der Waals surface area contributed by atoms with E-state index in [4.69, 9.17) is 9.47 Å². The van der Waals surface area contributed by atoms with E-state index in [1.165, 1.54) is 7.11 Å². The molecule has 2 rings (SSSR count). The van der Waals surface area contributed by atoms with Gasteiger partial charge in [-0.3, -0.25) is 4.79 Å². The first kappa shape index (κ1) is 19.7. The minimum Gasteiger partial charge on any atom is -0.467 e. The van der Waals surface area contributed by atoms with E-state index in [0.29, 0.717) is 13.0 Å². The molecule has 0 heterocycles. The van der Waals surface area contributed by atoms with Crippen LogP contribution >= 0.6 is 0 Å². The molecule has 1 amide bonds. The Bertz CT molecular complexity index is 723. The van der Waals surface area contributed by atoms with Crippen LogP contribution in [0.3, 0.4) is 0 Å². The Morgan fingerprint density at radius 2 is 1.65 bits per heavy atom. The van der Waals surface area contributed by atoms with Gasteiger partial charge in [0.05, 0.1) is 13.7 Å². The number of aryl methyl sites for hydroxylation is 2. The SMILES string of the molecule is COC(=O)[C@@H](Cc1c(C)cccc1C)NC(=O)COCc1ccccc1. The molecule has 5 nitrogen and oxygen atoms in total. The minimum absolute atomic E-state index is 0.116. The molecule has 0 bridgehead atoms. The van der Waals surface area contributed by atoms with E-state index >= 15 is 0 Å². The zero-order valence-corrected chi connectivity index (χ0v) is 15.5. The molecule has 138 valence electrons. The molecule has 5 heteroatoms. The Morgan fingerprint density at radius 3 is 2.27 bits per heavy atom. The molecule has 0 aliphatic heterocycles. The second kappa shape index (κ2) is 9.73. The Hall–Kier alpha value is -2.66. The Labute approximate surface area is 154 Å². The summed E-state index contributed by atoms with van der Waals surface area (Å²) in [6.07, 6.45) is 0.385. The van der Waals surface area contributed by atoms with Crippen molar-refractivity contribution in [3.63, 3.8) is 0 Å². The first-order valence-corrected chi connectivity index (χ1v) is 8.55. The second-order valence-corrected chi connectivity index (χ2v) is 6.20. The number of carbonyl (C=O) groups is 2. The third kappa shape index (κ3) is 5.70. The minimum atomic E-state index is -0.743. The number of esters is 1. The highest BCUT2D eigenvalue weighted by Crippen LogP contribution is 2.16. The summed E-state index contributed by atoms with van der Waals surface area (Å²) >= 11 is 0. The average Bonchev–Trinajstić information content (AvgIpc) is 2.64. The van der Waals surface area contributed by atoms with Crippen LogP contribution in [-0.4, -0.2) is 31.6 Å². The van der Waals surface area contributed by atoms with Gasteiger partial charge < -0.3 is 14.8 Å². The van der Waals surface area contributed by atoms with Gasteiger partial charge >= 0.3 is 5.97 Å². The van der Waals surface area contributed by atoms with Gasteiger partial charge in [0, 0.05) is 6.42 Å². The smallest absolute Gasteiger partial charge is 0.328 e. The maximum absolute atomic E-state index is 12.2. The van der Waals surface area contributed by atoms with Crippen LogP contribution in [0, 0.1) is 13.8 Å². The van der Waals surface area contributed by atoms with Crippen LogP contribution in [0.5, 0.6) is 0 Å². The molecule has 0 aliphatic carbocycles. The van der Waals surface area contributed by atoms with Crippen molar-refractivity contribution in [2.24, 2.45) is 0 Å². The fourth-order valence-electron chi connectivity index (χ4n) is 2.78. The molecule has 0 spiro atoms. The van der Waals surface area contributed by atoms with Crippen LogP contribution < -0.4 is 5.32 Å². The van der Waals surface area contributed by atoms with Crippen LogP contribution in [-0.2, 0) is 32.1 Å². The van der Waals surface area contributed by atoms with E-state index in [0.717, 1.165) is 22.3 Å². The molecule has 0 aliphatic rings. The highest BCUT2D eigenvalue weighted by molar-refractivity contribution is 5.85. The van der Waals surface area contributed by atoms with Gasteiger partial charge in [0.25, 0.3) is 0 Å². The summed E-state index contributed by atoms with van der Waals surface area (Å²) in [7, 11) is 1.32.